The van der Waals surface area contributed by atoms with Crippen molar-refractivity contribution in [1.29, 1.82) is 5.26 Å². The summed E-state index contributed by atoms with van der Waals surface area (Å²) in [4.78, 5) is 20.8. The van der Waals surface area contributed by atoms with E-state index in [4.69, 9.17) is 0 Å². The van der Waals surface area contributed by atoms with Crippen molar-refractivity contribution in [3.05, 3.63) is 24.5 Å². The highest BCUT2D eigenvalue weighted by molar-refractivity contribution is 7.99. The number of aromatic nitrogens is 4. The molecule has 0 radical (unpaired) electrons. The summed E-state index contributed by atoms with van der Waals surface area (Å²) in [7, 11) is 0. The van der Waals surface area contributed by atoms with E-state index in [1.54, 1.807) is 12.4 Å². The molecule has 2 aromatic rings. The van der Waals surface area contributed by atoms with Crippen molar-refractivity contribution in [3.8, 4) is 17.5 Å². The Labute approximate surface area is 175 Å². The number of nitrogens with zero attached hydrogens (tertiary/aromatic N) is 7. The Balaban J connectivity index is 1.57. The van der Waals surface area contributed by atoms with Gasteiger partial charge in [-0.15, -0.1) is 10.2 Å². The highest BCUT2D eigenvalue weighted by Crippen LogP contribution is 2.24. The van der Waals surface area contributed by atoms with Gasteiger partial charge in [0.05, 0.1) is 11.8 Å². The van der Waals surface area contributed by atoms with E-state index in [1.165, 1.54) is 11.8 Å². The molecule has 0 aromatic carbocycles. The molecule has 1 atom stereocenters. The zero-order valence-corrected chi connectivity index (χ0v) is 18.0. The van der Waals surface area contributed by atoms with Crippen molar-refractivity contribution in [3.63, 3.8) is 0 Å². The van der Waals surface area contributed by atoms with Crippen molar-refractivity contribution in [2.24, 2.45) is 5.92 Å². The van der Waals surface area contributed by atoms with E-state index in [0.29, 0.717) is 18.8 Å². The lowest BCUT2D eigenvalue weighted by Gasteiger charge is -2.38. The van der Waals surface area contributed by atoms with Gasteiger partial charge in [-0.1, -0.05) is 25.6 Å². The van der Waals surface area contributed by atoms with Gasteiger partial charge in [0, 0.05) is 50.7 Å². The Kier molecular flexibility index (Phi) is 7.23. The van der Waals surface area contributed by atoms with Crippen molar-refractivity contribution in [1.82, 2.24) is 29.5 Å². The van der Waals surface area contributed by atoms with Gasteiger partial charge in [0.2, 0.25) is 5.91 Å². The smallest absolute Gasteiger partial charge is 0.233 e. The van der Waals surface area contributed by atoms with Crippen molar-refractivity contribution >= 4 is 17.7 Å². The van der Waals surface area contributed by atoms with Gasteiger partial charge < -0.3 is 9.47 Å². The summed E-state index contributed by atoms with van der Waals surface area (Å²) >= 11 is 1.42. The third-order valence-corrected chi connectivity index (χ3v) is 6.07. The molecule has 0 spiro atoms. The molecule has 1 aliphatic rings. The highest BCUT2D eigenvalue weighted by Gasteiger charge is 2.28. The first-order valence-electron chi connectivity index (χ1n) is 9.93. The van der Waals surface area contributed by atoms with Gasteiger partial charge in [-0.2, -0.15) is 5.26 Å². The third-order valence-electron chi connectivity index (χ3n) is 5.12. The Morgan fingerprint density at radius 2 is 1.90 bits per heavy atom. The highest BCUT2D eigenvalue weighted by atomic mass is 32.2. The van der Waals surface area contributed by atoms with Crippen LogP contribution in [-0.4, -0.2) is 73.4 Å². The van der Waals surface area contributed by atoms with Crippen LogP contribution in [0.4, 0.5) is 0 Å². The normalized spacial score (nSPS) is 16.0. The van der Waals surface area contributed by atoms with E-state index in [-0.39, 0.29) is 17.9 Å². The lowest BCUT2D eigenvalue weighted by Crippen LogP contribution is -2.53. The fourth-order valence-corrected chi connectivity index (χ4v) is 4.42. The van der Waals surface area contributed by atoms with Gasteiger partial charge in [-0.05, 0) is 25.0 Å². The van der Waals surface area contributed by atoms with Crippen molar-refractivity contribution in [2.75, 3.05) is 31.9 Å². The van der Waals surface area contributed by atoms with E-state index in [0.717, 1.165) is 36.2 Å². The molecule has 0 bridgehead atoms. The van der Waals surface area contributed by atoms with Crippen molar-refractivity contribution < 1.29 is 4.79 Å². The summed E-state index contributed by atoms with van der Waals surface area (Å²) in [6.45, 7) is 9.69. The second-order valence-corrected chi connectivity index (χ2v) is 8.25. The standard InChI is InChI=1S/C20H27N7OS/c1-4-27-19(16-5-7-22-8-6-16)23-24-20(27)29-14-18(28)26-11-9-25(10-12-26)17(13-21)15(2)3/h5-8,15,17H,4,9-12,14H2,1-3H3. The summed E-state index contributed by atoms with van der Waals surface area (Å²) in [5, 5.41) is 18.7. The zero-order chi connectivity index (χ0) is 20.8. The Morgan fingerprint density at radius 1 is 1.21 bits per heavy atom. The van der Waals surface area contributed by atoms with Gasteiger partial charge in [-0.3, -0.25) is 14.7 Å². The molecule has 0 aliphatic carbocycles. The molecule has 0 saturated carbocycles. The molecule has 154 valence electrons. The molecule has 1 aliphatic heterocycles. The predicted octanol–water partition coefficient (Wildman–Crippen LogP) is 2.14. The Bertz CT molecular complexity index is 853. The van der Waals surface area contributed by atoms with Crippen LogP contribution in [0.5, 0.6) is 0 Å². The molecule has 3 heterocycles. The fourth-order valence-electron chi connectivity index (χ4n) is 3.51. The van der Waals surface area contributed by atoms with E-state index in [2.05, 4.69) is 40.0 Å². The summed E-state index contributed by atoms with van der Waals surface area (Å²) < 4.78 is 2.02. The summed E-state index contributed by atoms with van der Waals surface area (Å²) in [5.41, 5.74) is 0.959. The average Bonchev–Trinajstić information content (AvgIpc) is 3.16. The first-order valence-corrected chi connectivity index (χ1v) is 10.9. The minimum absolute atomic E-state index is 0.0867. The molecule has 0 N–H and O–H groups in total. The number of thioether (sulfide) groups is 1. The molecular weight excluding hydrogens is 386 g/mol. The lowest BCUT2D eigenvalue weighted by atomic mass is 10.0. The zero-order valence-electron chi connectivity index (χ0n) is 17.2. The molecular formula is C20H27N7OS. The number of hydrogen-bond donors (Lipinski definition) is 0. The van der Waals surface area contributed by atoms with E-state index < -0.39 is 0 Å². The number of rotatable bonds is 7. The molecule has 29 heavy (non-hydrogen) atoms. The number of nitriles is 1. The van der Waals surface area contributed by atoms with Crippen LogP contribution in [0, 0.1) is 17.2 Å². The largest absolute Gasteiger partial charge is 0.339 e. The van der Waals surface area contributed by atoms with Crippen LogP contribution in [0.1, 0.15) is 20.8 Å². The summed E-state index contributed by atoms with van der Waals surface area (Å²) in [5.74, 6) is 1.51. The second kappa shape index (κ2) is 9.85. The number of carbonyl (C=O) groups is 1. The SMILES string of the molecule is CCn1c(SCC(=O)N2CCN(C(C#N)C(C)C)CC2)nnc1-c1ccncc1. The van der Waals surface area contributed by atoms with Gasteiger partial charge in [0.1, 0.15) is 6.04 Å². The first-order chi connectivity index (χ1) is 14.0. The van der Waals surface area contributed by atoms with Gasteiger partial charge in [0.25, 0.3) is 0 Å². The number of amides is 1. The Hall–Kier alpha value is -2.44. The quantitative estimate of drug-likeness (QED) is 0.642. The molecule has 1 saturated heterocycles. The molecule has 1 amide bonds. The van der Waals surface area contributed by atoms with Gasteiger partial charge in [-0.25, -0.2) is 0 Å². The summed E-state index contributed by atoms with van der Waals surface area (Å²) in [6.07, 6.45) is 3.46. The van der Waals surface area contributed by atoms with Crippen LogP contribution < -0.4 is 0 Å². The topological polar surface area (TPSA) is 90.9 Å². The van der Waals surface area contributed by atoms with Crippen LogP contribution in [0.25, 0.3) is 11.4 Å². The number of hydrogen-bond acceptors (Lipinski definition) is 7. The molecule has 3 rings (SSSR count). The van der Waals surface area contributed by atoms with Crippen LogP contribution in [-0.2, 0) is 11.3 Å². The van der Waals surface area contributed by atoms with Gasteiger partial charge in [0.15, 0.2) is 11.0 Å². The maximum atomic E-state index is 12.7. The third kappa shape index (κ3) is 4.95. The van der Waals surface area contributed by atoms with E-state index in [9.17, 15) is 10.1 Å². The number of carbonyl (C=O) groups excluding carboxylic acids is 1. The minimum atomic E-state index is -0.0867. The summed E-state index contributed by atoms with van der Waals surface area (Å²) in [6, 6.07) is 6.11. The molecule has 9 heteroatoms. The maximum absolute atomic E-state index is 12.7. The lowest BCUT2D eigenvalue weighted by molar-refractivity contribution is -0.130. The monoisotopic (exact) mass is 413 g/mol. The van der Waals surface area contributed by atoms with Crippen LogP contribution in [0.15, 0.2) is 29.7 Å². The first kappa shape index (κ1) is 21.3. The molecule has 1 unspecified atom stereocenters. The minimum Gasteiger partial charge on any atom is -0.339 e. The average molecular weight is 414 g/mol. The number of piperazine rings is 1. The predicted molar refractivity (Wildman–Crippen MR) is 112 cm³/mol. The molecule has 8 nitrogen and oxygen atoms in total. The van der Waals surface area contributed by atoms with E-state index >= 15 is 0 Å². The second-order valence-electron chi connectivity index (χ2n) is 7.31. The van der Waals surface area contributed by atoms with Crippen LogP contribution in [0.3, 0.4) is 0 Å². The van der Waals surface area contributed by atoms with Crippen molar-refractivity contribution in [2.45, 2.75) is 38.5 Å². The number of pyridine rings is 1. The molecule has 1 fully saturated rings. The van der Waals surface area contributed by atoms with Crippen LogP contribution >= 0.6 is 11.8 Å². The maximum Gasteiger partial charge on any atom is 0.233 e. The molecule has 2 aromatic heterocycles. The van der Waals surface area contributed by atoms with Gasteiger partial charge >= 0.3 is 0 Å². The van der Waals surface area contributed by atoms with Crippen LogP contribution in [0.2, 0.25) is 0 Å². The fraction of sp³-hybridized carbons (Fsp3) is 0.550. The Morgan fingerprint density at radius 3 is 2.48 bits per heavy atom. The van der Waals surface area contributed by atoms with E-state index in [1.807, 2.05) is 28.5 Å².